The van der Waals surface area contributed by atoms with E-state index in [2.05, 4.69) is 126 Å². The second kappa shape index (κ2) is 57.5. The number of unbranched alkanes of at least 4 members (excludes halogenated alkanes) is 8. The predicted molar refractivity (Wildman–Crippen MR) is 581 cm³/mol. The average molecular weight is 2020 g/mol. The smallest absolute Gasteiger partial charge is 0.343 e. The largest absolute Gasteiger partial charge is 0.494 e. The van der Waals surface area contributed by atoms with Crippen LogP contribution in [0.3, 0.4) is 0 Å². The third kappa shape index (κ3) is 33.9. The Morgan fingerprint density at radius 3 is 1.24 bits per heavy atom. The van der Waals surface area contributed by atoms with E-state index in [-0.39, 0.29) is 11.5 Å². The number of para-hydroxylation sites is 2. The number of ether oxygens (including phenoxy) is 10. The minimum absolute atomic E-state index is 0.233. The SMILES string of the molecule is C=CC(=O)OCCCCCCOc1ccc(C(=O)Oc2ccc(C#Cc3ccc(CCCC)cc3)cc2/C=N/Nc2nc3ccccc3s2)cc1.C=CC(=O)OCCCCCCOc1ccc(C(=O)Oc2ccc(OC(=O)c3ccc(CCC)cc3)c3nc(-c4ccc(C#N)cc4)sc23)cc1.C=CC(=O)OCCCCOc1ccc(C(=O)Oc2ccc(-c3ccc(CCC)cc3)c(/C=N/Nc3nc4ccccc4s3)c2)cc1. The van der Waals surface area contributed by atoms with Gasteiger partial charge in [-0.1, -0.05) is 185 Å². The number of carbonyl (C=O) groups excluding carboxylic acids is 7. The molecule has 0 aliphatic heterocycles. The lowest BCUT2D eigenvalue weighted by atomic mass is 9.98. The van der Waals surface area contributed by atoms with E-state index in [1.807, 2.05) is 91.0 Å². The molecule has 0 bridgehead atoms. The van der Waals surface area contributed by atoms with E-state index in [4.69, 9.17) is 52.4 Å². The first-order valence-electron chi connectivity index (χ1n) is 48.7. The van der Waals surface area contributed by atoms with E-state index in [0.29, 0.717) is 134 Å². The minimum atomic E-state index is -0.569. The zero-order valence-electron chi connectivity index (χ0n) is 82.0. The highest BCUT2D eigenvalue weighted by molar-refractivity contribution is 7.23. The molecule has 0 atom stereocenters. The van der Waals surface area contributed by atoms with Crippen LogP contribution < -0.4 is 44.0 Å². The molecular weight excluding hydrogens is 1910 g/mol. The number of nitrogens with zero attached hydrogens (tertiary/aromatic N) is 6. The van der Waals surface area contributed by atoms with Crippen LogP contribution in [0.2, 0.25) is 0 Å². The van der Waals surface area contributed by atoms with Crippen LogP contribution in [0, 0.1) is 23.2 Å². The van der Waals surface area contributed by atoms with Crippen LogP contribution in [-0.4, -0.2) is 109 Å². The molecular formula is C119H112N8O17S3. The Hall–Kier alpha value is -16.8. The third-order valence-corrected chi connectivity index (χ3v) is 25.5. The molecule has 15 aromatic rings. The molecule has 0 saturated heterocycles. The van der Waals surface area contributed by atoms with Crippen LogP contribution in [0.5, 0.6) is 40.2 Å². The average Bonchev–Trinajstić information content (AvgIpc) is 1.63. The summed E-state index contributed by atoms with van der Waals surface area (Å²) in [6, 6.07) is 83.5. The highest BCUT2D eigenvalue weighted by Gasteiger charge is 2.23. The van der Waals surface area contributed by atoms with Crippen LogP contribution in [0.25, 0.3) is 52.3 Å². The molecule has 0 unspecified atom stereocenters. The lowest BCUT2D eigenvalue weighted by Gasteiger charge is -2.11. The van der Waals surface area contributed by atoms with Crippen molar-refractivity contribution in [1.29, 1.82) is 5.26 Å². The molecule has 25 nitrogen and oxygen atoms in total. The molecule has 3 aromatic heterocycles. The van der Waals surface area contributed by atoms with E-state index >= 15 is 0 Å². The number of nitrogens with one attached hydrogen (secondary N) is 2. The second-order valence-electron chi connectivity index (χ2n) is 33.4. The molecule has 28 heteroatoms. The molecule has 0 radical (unpaired) electrons. The summed E-state index contributed by atoms with van der Waals surface area (Å²) in [4.78, 5) is 99.8. The van der Waals surface area contributed by atoms with Gasteiger partial charge in [-0.05, 0) is 294 Å². The van der Waals surface area contributed by atoms with E-state index in [1.54, 1.807) is 152 Å². The first kappa shape index (κ1) is 107. The number of hydrogen-bond acceptors (Lipinski definition) is 28. The topological polar surface area (TPSA) is 323 Å². The monoisotopic (exact) mass is 2020 g/mol. The van der Waals surface area contributed by atoms with Crippen molar-refractivity contribution in [3.8, 4) is 79.9 Å². The van der Waals surface area contributed by atoms with Gasteiger partial charge in [0.15, 0.2) is 11.5 Å². The maximum atomic E-state index is 13.3. The van der Waals surface area contributed by atoms with E-state index in [1.165, 1.54) is 57.6 Å². The number of carbonyl (C=O) groups is 7. The Bertz CT molecular complexity index is 7100. The molecule has 2 N–H and O–H groups in total. The summed E-state index contributed by atoms with van der Waals surface area (Å²) in [5, 5.41) is 20.0. The maximum absolute atomic E-state index is 13.3. The van der Waals surface area contributed by atoms with Crippen molar-refractivity contribution >= 4 is 129 Å². The highest BCUT2D eigenvalue weighted by atomic mass is 32.1. The molecule has 0 amide bonds. The fourth-order valence-corrected chi connectivity index (χ4v) is 17.4. The van der Waals surface area contributed by atoms with Gasteiger partial charge in [0.2, 0.25) is 10.3 Å². The molecule has 0 fully saturated rings. The molecule has 12 aromatic carbocycles. The Morgan fingerprint density at radius 1 is 0.361 bits per heavy atom. The second-order valence-corrected chi connectivity index (χ2v) is 36.5. The third-order valence-electron chi connectivity index (χ3n) is 22.5. The number of esters is 7. The summed E-state index contributed by atoms with van der Waals surface area (Å²) < 4.78 is 58.2. The number of anilines is 2. The maximum Gasteiger partial charge on any atom is 0.343 e. The van der Waals surface area contributed by atoms with Gasteiger partial charge in [-0.25, -0.2) is 48.5 Å². The van der Waals surface area contributed by atoms with Crippen molar-refractivity contribution in [1.82, 2.24) is 15.0 Å². The van der Waals surface area contributed by atoms with Crippen molar-refractivity contribution < 1.29 is 80.9 Å². The number of hydrazone groups is 2. The fraction of sp³-hybridized carbons (Fsp3) is 0.218. The molecule has 0 saturated carbocycles. The molecule has 748 valence electrons. The van der Waals surface area contributed by atoms with Crippen LogP contribution in [0.15, 0.2) is 315 Å². The van der Waals surface area contributed by atoms with Gasteiger partial charge in [0.25, 0.3) is 0 Å². The van der Waals surface area contributed by atoms with Gasteiger partial charge in [-0.3, -0.25) is 10.9 Å². The number of nitriles is 1. The van der Waals surface area contributed by atoms with Crippen LogP contribution >= 0.6 is 34.0 Å². The zero-order valence-corrected chi connectivity index (χ0v) is 84.5. The van der Waals surface area contributed by atoms with Gasteiger partial charge < -0.3 is 47.4 Å². The fourth-order valence-electron chi connectivity index (χ4n) is 14.7. The Morgan fingerprint density at radius 2 is 0.755 bits per heavy atom. The standard InChI is InChI=1S/C42H41N3O5S.C40H36N2O7S.C37H35N3O5S/c1-3-5-12-31-15-17-32(18-16-31)19-20-33-21-26-38(35(29-33)30-43-45-42-44-37-13-8-9-14-39(37)51-42)50-41(47)34-22-24-36(25-23-34)48-27-10-6-7-11-28-49-40(46)4-2;1-3-9-27-10-16-30(17-11-27)39(44)48-33-22-23-34(37-36(33)42-38(50-37)29-14-12-28(26-41)13-15-29)49-40(45)31-18-20-32(21-19-31)46-24-7-5-6-8-25-47-35(43)4-2;1-3-9-26-12-14-27(15-13-26)32-21-20-31(24-29(32)25-38-40-37-39-33-10-5-6-11-34(33)46-37)45-36(42)28-16-18-30(19-17-28)43-22-7-8-23-44-35(41)4-2/h4,8-9,13-18,21-26,29-30H,2-3,5-7,10-12,27-28H2,1H3,(H,44,45);4,10-23H,2-3,5-9,24-25H2,1H3;4-6,10-21,24-25H,2-3,7-9,22-23H2,1H3,(H,39,40)/b43-30+;;38-25+. The van der Waals surface area contributed by atoms with Crippen molar-refractivity contribution in [3.63, 3.8) is 0 Å². The van der Waals surface area contributed by atoms with Crippen molar-refractivity contribution in [2.45, 2.75) is 130 Å². The number of fused-ring (bicyclic) bond motifs is 3. The molecule has 3 heterocycles. The number of hydrogen-bond donors (Lipinski definition) is 2. The number of rotatable bonds is 48. The lowest BCUT2D eigenvalue weighted by Crippen LogP contribution is -2.10. The van der Waals surface area contributed by atoms with E-state index in [0.717, 1.165) is 168 Å². The zero-order chi connectivity index (χ0) is 103. The first-order valence-corrected chi connectivity index (χ1v) is 51.1. The van der Waals surface area contributed by atoms with E-state index in [9.17, 15) is 38.8 Å². The number of aromatic nitrogens is 3. The summed E-state index contributed by atoms with van der Waals surface area (Å²) in [6.07, 6.45) is 22.6. The van der Waals surface area contributed by atoms with Gasteiger partial charge in [0, 0.05) is 46.0 Å². The summed E-state index contributed by atoms with van der Waals surface area (Å²) in [6.45, 7) is 19.2. The summed E-state index contributed by atoms with van der Waals surface area (Å²) in [5.74, 6) is 6.32. The Balaban J connectivity index is 0.000000185. The van der Waals surface area contributed by atoms with Crippen LogP contribution in [0.4, 0.5) is 10.3 Å². The van der Waals surface area contributed by atoms with Gasteiger partial charge in [-0.2, -0.15) is 15.5 Å². The normalized spacial score (nSPS) is 10.8. The predicted octanol–water partition coefficient (Wildman–Crippen LogP) is 26.7. The summed E-state index contributed by atoms with van der Waals surface area (Å²) in [5.41, 5.74) is 19.8. The number of aryl methyl sites for hydroxylation is 3. The number of benzene rings is 12. The van der Waals surface area contributed by atoms with Crippen LogP contribution in [-0.2, 0) is 47.9 Å². The highest BCUT2D eigenvalue weighted by Crippen LogP contribution is 2.42. The lowest BCUT2D eigenvalue weighted by molar-refractivity contribution is -0.138. The molecule has 147 heavy (non-hydrogen) atoms. The van der Waals surface area contributed by atoms with Gasteiger partial charge in [-0.15, -0.1) is 11.3 Å². The van der Waals surface area contributed by atoms with Crippen LogP contribution in [0.1, 0.15) is 197 Å². The van der Waals surface area contributed by atoms with Crippen molar-refractivity contribution in [2.75, 3.05) is 50.5 Å². The van der Waals surface area contributed by atoms with Crippen molar-refractivity contribution in [3.05, 3.63) is 372 Å². The minimum Gasteiger partial charge on any atom is -0.494 e. The number of thiazole rings is 3. The van der Waals surface area contributed by atoms with Gasteiger partial charge >= 0.3 is 41.8 Å². The molecule has 15 rings (SSSR count). The molecule has 0 aliphatic carbocycles. The molecule has 0 aliphatic rings. The Kier molecular flexibility index (Phi) is 42.0. The summed E-state index contributed by atoms with van der Waals surface area (Å²) in [7, 11) is 0. The molecule has 0 spiro atoms. The van der Waals surface area contributed by atoms with Crippen molar-refractivity contribution in [2.24, 2.45) is 10.2 Å². The van der Waals surface area contributed by atoms with Gasteiger partial charge in [0.1, 0.15) is 44.0 Å². The first-order chi connectivity index (χ1) is 71.9. The van der Waals surface area contributed by atoms with Gasteiger partial charge in [0.05, 0.1) is 106 Å². The quantitative estimate of drug-likeness (QED) is 0.00523. The Labute approximate surface area is 866 Å². The summed E-state index contributed by atoms with van der Waals surface area (Å²) >= 11 is 4.31. The van der Waals surface area contributed by atoms with E-state index < -0.39 is 41.8 Å².